The van der Waals surface area contributed by atoms with Crippen molar-refractivity contribution in [2.75, 3.05) is 20.6 Å². The maximum absolute atomic E-state index is 11.5. The molecule has 4 nitrogen and oxygen atoms in total. The first-order valence-corrected chi connectivity index (χ1v) is 6.65. The summed E-state index contributed by atoms with van der Waals surface area (Å²) in [5.74, 6) is 0.0158. The predicted octanol–water partition coefficient (Wildman–Crippen LogP) is 1.20. The highest BCUT2D eigenvalue weighted by molar-refractivity contribution is 7.07. The van der Waals surface area contributed by atoms with Gasteiger partial charge in [-0.15, -0.1) is 0 Å². The van der Waals surface area contributed by atoms with Crippen LogP contribution in [0.15, 0.2) is 16.8 Å². The standard InChI is InChI=1S/C12H21N3OS/c1-9(13)6-12(16)14-7-11(15(2)3)10-4-5-17-8-10/h4-5,8-9,11H,6-7,13H2,1-3H3,(H,14,16). The number of nitrogens with one attached hydrogen (secondary N) is 1. The van der Waals surface area contributed by atoms with E-state index in [0.717, 1.165) is 0 Å². The van der Waals surface area contributed by atoms with Gasteiger partial charge in [-0.1, -0.05) is 0 Å². The first kappa shape index (κ1) is 14.2. The van der Waals surface area contributed by atoms with E-state index in [1.807, 2.05) is 21.0 Å². The highest BCUT2D eigenvalue weighted by Gasteiger charge is 2.15. The molecule has 0 aliphatic heterocycles. The molecule has 0 radical (unpaired) electrons. The third kappa shape index (κ3) is 4.85. The van der Waals surface area contributed by atoms with Crippen molar-refractivity contribution in [1.82, 2.24) is 10.2 Å². The van der Waals surface area contributed by atoms with Crippen LogP contribution in [-0.2, 0) is 4.79 Å². The zero-order valence-electron chi connectivity index (χ0n) is 10.6. The molecule has 0 spiro atoms. The molecular formula is C12H21N3OS. The fourth-order valence-electron chi connectivity index (χ4n) is 1.64. The Morgan fingerprint density at radius 1 is 1.59 bits per heavy atom. The predicted molar refractivity (Wildman–Crippen MR) is 72.0 cm³/mol. The highest BCUT2D eigenvalue weighted by atomic mass is 32.1. The molecule has 2 unspecified atom stereocenters. The molecule has 5 heteroatoms. The van der Waals surface area contributed by atoms with Crippen LogP contribution in [0.2, 0.25) is 0 Å². The van der Waals surface area contributed by atoms with E-state index < -0.39 is 0 Å². The van der Waals surface area contributed by atoms with Crippen LogP contribution in [0.3, 0.4) is 0 Å². The van der Waals surface area contributed by atoms with Gasteiger partial charge in [-0.2, -0.15) is 11.3 Å². The summed E-state index contributed by atoms with van der Waals surface area (Å²) < 4.78 is 0. The van der Waals surface area contributed by atoms with E-state index in [9.17, 15) is 4.79 Å². The topological polar surface area (TPSA) is 58.4 Å². The summed E-state index contributed by atoms with van der Waals surface area (Å²) in [5, 5.41) is 7.09. The minimum absolute atomic E-state index is 0.0158. The molecule has 1 aromatic rings. The molecular weight excluding hydrogens is 234 g/mol. The summed E-state index contributed by atoms with van der Waals surface area (Å²) in [5.41, 5.74) is 6.82. The van der Waals surface area contributed by atoms with Gasteiger partial charge in [0.2, 0.25) is 5.91 Å². The lowest BCUT2D eigenvalue weighted by Gasteiger charge is -2.24. The lowest BCUT2D eigenvalue weighted by molar-refractivity contribution is -0.121. The fourth-order valence-corrected chi connectivity index (χ4v) is 2.35. The number of hydrogen-bond acceptors (Lipinski definition) is 4. The first-order valence-electron chi connectivity index (χ1n) is 5.71. The van der Waals surface area contributed by atoms with Crippen molar-refractivity contribution in [2.24, 2.45) is 5.73 Å². The van der Waals surface area contributed by atoms with Crippen LogP contribution >= 0.6 is 11.3 Å². The number of nitrogens with zero attached hydrogens (tertiary/aromatic N) is 1. The van der Waals surface area contributed by atoms with E-state index in [4.69, 9.17) is 5.73 Å². The van der Waals surface area contributed by atoms with Gasteiger partial charge in [-0.3, -0.25) is 4.79 Å². The summed E-state index contributed by atoms with van der Waals surface area (Å²) >= 11 is 1.67. The molecule has 1 rings (SSSR count). The molecule has 0 saturated heterocycles. The largest absolute Gasteiger partial charge is 0.354 e. The molecule has 0 aliphatic carbocycles. The van der Waals surface area contributed by atoms with Crippen molar-refractivity contribution in [3.8, 4) is 0 Å². The van der Waals surface area contributed by atoms with Gasteiger partial charge in [0.05, 0.1) is 6.04 Å². The number of thiophene rings is 1. The Balaban J connectivity index is 2.49. The van der Waals surface area contributed by atoms with E-state index in [2.05, 4.69) is 27.0 Å². The van der Waals surface area contributed by atoms with Crippen LogP contribution in [0, 0.1) is 0 Å². The monoisotopic (exact) mass is 255 g/mol. The number of carbonyl (C=O) groups excluding carboxylic acids is 1. The molecule has 3 N–H and O–H groups in total. The smallest absolute Gasteiger partial charge is 0.221 e. The van der Waals surface area contributed by atoms with Crippen molar-refractivity contribution < 1.29 is 4.79 Å². The third-order valence-corrected chi connectivity index (χ3v) is 3.25. The molecule has 1 amide bonds. The summed E-state index contributed by atoms with van der Waals surface area (Å²) in [7, 11) is 4.03. The second-order valence-corrected chi connectivity index (χ2v) is 5.30. The molecule has 17 heavy (non-hydrogen) atoms. The van der Waals surface area contributed by atoms with Gasteiger partial charge in [0, 0.05) is 19.0 Å². The second-order valence-electron chi connectivity index (χ2n) is 4.52. The Kier molecular flexibility index (Phi) is 5.61. The maximum Gasteiger partial charge on any atom is 0.221 e. The van der Waals surface area contributed by atoms with Crippen molar-refractivity contribution in [1.29, 1.82) is 0 Å². The van der Waals surface area contributed by atoms with E-state index in [1.54, 1.807) is 11.3 Å². The normalized spacial score (nSPS) is 14.6. The van der Waals surface area contributed by atoms with E-state index in [-0.39, 0.29) is 18.0 Å². The average Bonchev–Trinajstić information content (AvgIpc) is 2.69. The van der Waals surface area contributed by atoms with E-state index >= 15 is 0 Å². The minimum Gasteiger partial charge on any atom is -0.354 e. The lowest BCUT2D eigenvalue weighted by atomic mass is 10.1. The molecule has 0 aliphatic rings. The molecule has 0 aromatic carbocycles. The molecule has 1 aromatic heterocycles. The zero-order valence-corrected chi connectivity index (χ0v) is 11.5. The summed E-state index contributed by atoms with van der Waals surface area (Å²) in [6, 6.07) is 2.22. The van der Waals surface area contributed by atoms with Gasteiger partial charge in [0.15, 0.2) is 0 Å². The quantitative estimate of drug-likeness (QED) is 0.803. The maximum atomic E-state index is 11.5. The van der Waals surface area contributed by atoms with Gasteiger partial charge in [0.1, 0.15) is 0 Å². The van der Waals surface area contributed by atoms with Crippen molar-refractivity contribution in [3.63, 3.8) is 0 Å². The van der Waals surface area contributed by atoms with Crippen LogP contribution in [0.1, 0.15) is 24.9 Å². The highest BCUT2D eigenvalue weighted by Crippen LogP contribution is 2.19. The van der Waals surface area contributed by atoms with Crippen molar-refractivity contribution in [3.05, 3.63) is 22.4 Å². The van der Waals surface area contributed by atoms with E-state index in [1.165, 1.54) is 5.56 Å². The molecule has 0 fully saturated rings. The van der Waals surface area contributed by atoms with Gasteiger partial charge < -0.3 is 16.0 Å². The molecule has 96 valence electrons. The zero-order chi connectivity index (χ0) is 12.8. The Labute approximate surface area is 107 Å². The van der Waals surface area contributed by atoms with Crippen LogP contribution < -0.4 is 11.1 Å². The Morgan fingerprint density at radius 3 is 2.76 bits per heavy atom. The Morgan fingerprint density at radius 2 is 2.29 bits per heavy atom. The minimum atomic E-state index is -0.0889. The molecule has 1 heterocycles. The van der Waals surface area contributed by atoms with Crippen LogP contribution in [0.25, 0.3) is 0 Å². The van der Waals surface area contributed by atoms with Crippen LogP contribution in [-0.4, -0.2) is 37.5 Å². The third-order valence-electron chi connectivity index (χ3n) is 2.55. The fraction of sp³-hybridized carbons (Fsp3) is 0.583. The number of carbonyl (C=O) groups is 1. The first-order chi connectivity index (χ1) is 8.00. The second kappa shape index (κ2) is 6.74. The number of nitrogens with two attached hydrogens (primary N) is 1. The number of amides is 1. The van der Waals surface area contributed by atoms with Crippen molar-refractivity contribution >= 4 is 17.2 Å². The molecule has 0 saturated carbocycles. The molecule has 0 bridgehead atoms. The van der Waals surface area contributed by atoms with Gasteiger partial charge in [-0.25, -0.2) is 0 Å². The summed E-state index contributed by atoms with van der Waals surface area (Å²) in [6.07, 6.45) is 0.379. The van der Waals surface area contributed by atoms with Gasteiger partial charge >= 0.3 is 0 Å². The summed E-state index contributed by atoms with van der Waals surface area (Å²) in [4.78, 5) is 13.6. The van der Waals surface area contributed by atoms with Crippen molar-refractivity contribution in [2.45, 2.75) is 25.4 Å². The SMILES string of the molecule is CC(N)CC(=O)NCC(c1ccsc1)N(C)C. The van der Waals surface area contributed by atoms with Crippen LogP contribution in [0.4, 0.5) is 0 Å². The van der Waals surface area contributed by atoms with E-state index in [0.29, 0.717) is 13.0 Å². The van der Waals surface area contributed by atoms with Gasteiger partial charge in [-0.05, 0) is 43.4 Å². The van der Waals surface area contributed by atoms with Gasteiger partial charge in [0.25, 0.3) is 0 Å². The number of hydrogen-bond donors (Lipinski definition) is 2. The Hall–Kier alpha value is -0.910. The lowest BCUT2D eigenvalue weighted by Crippen LogP contribution is -2.36. The number of likely N-dealkylation sites (N-methyl/N-ethyl adjacent to an activating group) is 1. The number of rotatable bonds is 6. The molecule has 2 atom stereocenters. The average molecular weight is 255 g/mol. The summed E-state index contributed by atoms with van der Waals surface area (Å²) in [6.45, 7) is 2.46. The Bertz CT molecular complexity index is 336. The van der Waals surface area contributed by atoms with Crippen LogP contribution in [0.5, 0.6) is 0 Å².